The minimum atomic E-state index is -0.141. The van der Waals surface area contributed by atoms with Gasteiger partial charge in [0.1, 0.15) is 6.61 Å². The molecule has 5 heteroatoms. The van der Waals surface area contributed by atoms with Gasteiger partial charge in [-0.15, -0.1) is 0 Å². The van der Waals surface area contributed by atoms with Crippen molar-refractivity contribution in [2.75, 3.05) is 0 Å². The average Bonchev–Trinajstić information content (AvgIpc) is 2.64. The van der Waals surface area contributed by atoms with Crippen LogP contribution in [-0.4, -0.2) is 27.5 Å². The Balaban J connectivity index is 1.74. The van der Waals surface area contributed by atoms with Crippen LogP contribution in [0, 0.1) is 6.92 Å². The summed E-state index contributed by atoms with van der Waals surface area (Å²) in [5.41, 5.74) is 0. The molecule has 1 aromatic rings. The summed E-state index contributed by atoms with van der Waals surface area (Å²) < 4.78 is 10.5. The smallest absolute Gasteiger partial charge is 0.223 e. The van der Waals surface area contributed by atoms with Crippen LogP contribution in [0.15, 0.2) is 4.52 Å². The van der Waals surface area contributed by atoms with Gasteiger partial charge in [0, 0.05) is 6.92 Å². The summed E-state index contributed by atoms with van der Waals surface area (Å²) >= 11 is 0. The lowest BCUT2D eigenvalue weighted by Gasteiger charge is -2.24. The summed E-state index contributed by atoms with van der Waals surface area (Å²) in [5.74, 6) is 1.16. The minimum Gasteiger partial charge on any atom is -0.393 e. The molecule has 0 atom stereocenters. The lowest BCUT2D eigenvalue weighted by Crippen LogP contribution is -2.24. The number of hydrogen-bond donors (Lipinski definition) is 1. The Morgan fingerprint density at radius 3 is 2.73 bits per heavy atom. The molecule has 0 unspecified atom stereocenters. The molecule has 1 aromatic heterocycles. The van der Waals surface area contributed by atoms with Crippen LogP contribution >= 0.6 is 0 Å². The molecule has 0 radical (unpaired) electrons. The maximum Gasteiger partial charge on any atom is 0.223 e. The first-order valence-electron chi connectivity index (χ1n) is 5.33. The van der Waals surface area contributed by atoms with Crippen molar-refractivity contribution in [3.63, 3.8) is 0 Å². The van der Waals surface area contributed by atoms with Crippen LogP contribution in [0.5, 0.6) is 0 Å². The molecule has 1 fully saturated rings. The second-order valence-electron chi connectivity index (χ2n) is 3.97. The number of aliphatic hydroxyl groups excluding tert-OH is 1. The summed E-state index contributed by atoms with van der Waals surface area (Å²) in [6.07, 6.45) is 3.58. The van der Waals surface area contributed by atoms with Gasteiger partial charge in [-0.1, -0.05) is 5.16 Å². The summed E-state index contributed by atoms with van der Waals surface area (Å²) in [7, 11) is 0. The van der Waals surface area contributed by atoms with E-state index in [1.54, 1.807) is 6.92 Å². The van der Waals surface area contributed by atoms with Crippen molar-refractivity contribution in [1.29, 1.82) is 0 Å². The minimum absolute atomic E-state index is 0.141. The van der Waals surface area contributed by atoms with Gasteiger partial charge in [-0.05, 0) is 25.7 Å². The van der Waals surface area contributed by atoms with Crippen LogP contribution in [0.1, 0.15) is 37.4 Å². The largest absolute Gasteiger partial charge is 0.393 e. The van der Waals surface area contributed by atoms with Crippen molar-refractivity contribution in [2.24, 2.45) is 0 Å². The molecule has 84 valence electrons. The first-order chi connectivity index (χ1) is 7.24. The zero-order chi connectivity index (χ0) is 10.7. The maximum absolute atomic E-state index is 9.32. The Hall–Kier alpha value is -0.940. The Morgan fingerprint density at radius 1 is 1.40 bits per heavy atom. The van der Waals surface area contributed by atoms with E-state index in [2.05, 4.69) is 10.1 Å². The highest BCUT2D eigenvalue weighted by atomic mass is 16.5. The van der Waals surface area contributed by atoms with Gasteiger partial charge < -0.3 is 14.4 Å². The molecule has 0 bridgehead atoms. The number of aromatic nitrogens is 2. The topological polar surface area (TPSA) is 68.4 Å². The lowest BCUT2D eigenvalue weighted by molar-refractivity contribution is -0.0147. The molecule has 0 amide bonds. The predicted octanol–water partition coefficient (Wildman–Crippen LogP) is 1.20. The van der Waals surface area contributed by atoms with Gasteiger partial charge in [-0.2, -0.15) is 4.98 Å². The number of nitrogens with zero attached hydrogens (tertiary/aromatic N) is 2. The Labute approximate surface area is 88.4 Å². The molecule has 0 aliphatic heterocycles. The van der Waals surface area contributed by atoms with Gasteiger partial charge in [0.05, 0.1) is 12.2 Å². The van der Waals surface area contributed by atoms with Crippen LogP contribution in [0.25, 0.3) is 0 Å². The molecule has 0 spiro atoms. The van der Waals surface area contributed by atoms with Crippen molar-refractivity contribution in [3.8, 4) is 0 Å². The second kappa shape index (κ2) is 4.72. The monoisotopic (exact) mass is 212 g/mol. The van der Waals surface area contributed by atoms with Crippen LogP contribution < -0.4 is 0 Å². The molecule has 0 saturated heterocycles. The van der Waals surface area contributed by atoms with Crippen molar-refractivity contribution in [1.82, 2.24) is 10.1 Å². The number of ether oxygens (including phenoxy) is 1. The summed E-state index contributed by atoms with van der Waals surface area (Å²) in [6, 6.07) is 0. The SMILES string of the molecule is Cc1nc(COC2CCC(O)CC2)no1. The van der Waals surface area contributed by atoms with E-state index >= 15 is 0 Å². The van der Waals surface area contributed by atoms with E-state index in [-0.39, 0.29) is 12.2 Å². The normalized spacial score (nSPS) is 26.8. The average molecular weight is 212 g/mol. The van der Waals surface area contributed by atoms with Crippen LogP contribution in [0.4, 0.5) is 0 Å². The Bertz CT molecular complexity index is 305. The number of aliphatic hydroxyl groups is 1. The van der Waals surface area contributed by atoms with Gasteiger partial charge in [0.15, 0.2) is 5.82 Å². The Kier molecular flexibility index (Phi) is 3.33. The highest BCUT2D eigenvalue weighted by molar-refractivity contribution is 4.81. The van der Waals surface area contributed by atoms with E-state index in [1.165, 1.54) is 0 Å². The van der Waals surface area contributed by atoms with E-state index in [9.17, 15) is 5.11 Å². The van der Waals surface area contributed by atoms with E-state index in [4.69, 9.17) is 9.26 Å². The van der Waals surface area contributed by atoms with Crippen molar-refractivity contribution >= 4 is 0 Å². The van der Waals surface area contributed by atoms with Gasteiger partial charge >= 0.3 is 0 Å². The highest BCUT2D eigenvalue weighted by Crippen LogP contribution is 2.21. The zero-order valence-corrected chi connectivity index (χ0v) is 8.85. The standard InChI is InChI=1S/C10H16N2O3/c1-7-11-10(12-15-7)6-14-9-4-2-8(13)3-5-9/h8-9,13H,2-6H2,1H3. The molecule has 0 aromatic carbocycles. The van der Waals surface area contributed by atoms with Crippen LogP contribution in [0.3, 0.4) is 0 Å². The fourth-order valence-corrected chi connectivity index (χ4v) is 1.80. The maximum atomic E-state index is 9.32. The fraction of sp³-hybridized carbons (Fsp3) is 0.800. The van der Waals surface area contributed by atoms with Gasteiger partial charge in [-0.3, -0.25) is 0 Å². The fourth-order valence-electron chi connectivity index (χ4n) is 1.80. The third kappa shape index (κ3) is 3.00. The molecule has 1 heterocycles. The summed E-state index contributed by atoms with van der Waals surface area (Å²) in [5, 5.41) is 13.1. The third-order valence-corrected chi connectivity index (χ3v) is 2.66. The molecule has 15 heavy (non-hydrogen) atoms. The number of rotatable bonds is 3. The van der Waals surface area contributed by atoms with Crippen LogP contribution in [0.2, 0.25) is 0 Å². The molecule has 1 saturated carbocycles. The molecule has 1 aliphatic rings. The van der Waals surface area contributed by atoms with Crippen LogP contribution in [-0.2, 0) is 11.3 Å². The van der Waals surface area contributed by atoms with Crippen molar-refractivity contribution < 1.29 is 14.4 Å². The molecular weight excluding hydrogens is 196 g/mol. The first-order valence-corrected chi connectivity index (χ1v) is 5.33. The van der Waals surface area contributed by atoms with E-state index < -0.39 is 0 Å². The quantitative estimate of drug-likeness (QED) is 0.815. The first kappa shape index (κ1) is 10.6. The predicted molar refractivity (Wildman–Crippen MR) is 52.1 cm³/mol. The second-order valence-corrected chi connectivity index (χ2v) is 3.97. The summed E-state index contributed by atoms with van der Waals surface area (Å²) in [4.78, 5) is 4.06. The number of aryl methyl sites for hydroxylation is 1. The zero-order valence-electron chi connectivity index (χ0n) is 8.85. The Morgan fingerprint density at radius 2 is 2.13 bits per heavy atom. The third-order valence-electron chi connectivity index (χ3n) is 2.66. The van der Waals surface area contributed by atoms with Crippen molar-refractivity contribution in [2.45, 2.75) is 51.4 Å². The summed E-state index contributed by atoms with van der Waals surface area (Å²) in [6.45, 7) is 2.16. The van der Waals surface area contributed by atoms with Gasteiger partial charge in [0.25, 0.3) is 0 Å². The highest BCUT2D eigenvalue weighted by Gasteiger charge is 2.20. The van der Waals surface area contributed by atoms with E-state index in [0.29, 0.717) is 18.3 Å². The lowest BCUT2D eigenvalue weighted by atomic mass is 9.95. The molecule has 1 aliphatic carbocycles. The molecule has 2 rings (SSSR count). The van der Waals surface area contributed by atoms with Gasteiger partial charge in [-0.25, -0.2) is 0 Å². The van der Waals surface area contributed by atoms with Crippen molar-refractivity contribution in [3.05, 3.63) is 11.7 Å². The molecule has 1 N–H and O–H groups in total. The van der Waals surface area contributed by atoms with E-state index in [0.717, 1.165) is 25.7 Å². The molecule has 5 nitrogen and oxygen atoms in total. The van der Waals surface area contributed by atoms with Gasteiger partial charge in [0.2, 0.25) is 5.89 Å². The number of hydrogen-bond acceptors (Lipinski definition) is 5. The molecular formula is C10H16N2O3. The van der Waals surface area contributed by atoms with E-state index in [1.807, 2.05) is 0 Å².